The molecule has 0 rings (SSSR count). The van der Waals surface area contributed by atoms with Crippen molar-refractivity contribution in [1.82, 2.24) is 0 Å². The highest BCUT2D eigenvalue weighted by molar-refractivity contribution is 14.1. The van der Waals surface area contributed by atoms with Crippen molar-refractivity contribution >= 4 is 29.0 Å². The van der Waals surface area contributed by atoms with Crippen LogP contribution in [0.5, 0.6) is 0 Å². The summed E-state index contributed by atoms with van der Waals surface area (Å²) in [7, 11) is 0. The molecule has 0 fully saturated rings. The highest BCUT2D eigenvalue weighted by atomic mass is 127. The van der Waals surface area contributed by atoms with Gasteiger partial charge in [-0.05, 0) is 0 Å². The first-order valence-electron chi connectivity index (χ1n) is 2.31. The van der Waals surface area contributed by atoms with Crippen LogP contribution in [0, 0.1) is 0 Å². The van der Waals surface area contributed by atoms with E-state index in [9.17, 15) is 4.79 Å². The van der Waals surface area contributed by atoms with Crippen LogP contribution in [0.2, 0.25) is 0 Å². The number of hydrogen-bond donors (Lipinski definition) is 0. The predicted molar refractivity (Wildman–Crippen MR) is 25.8 cm³/mol. The van der Waals surface area contributed by atoms with E-state index in [4.69, 9.17) is 4.11 Å². The third-order valence-corrected chi connectivity index (χ3v) is 0.470. The smallest absolute Gasteiger partial charge is 0.312 e. The molecule has 0 aliphatic rings. The van der Waals surface area contributed by atoms with Crippen LogP contribution in [0.15, 0.2) is 0 Å². The fraction of sp³-hybridized carbons (Fsp3) is 0.500. The highest BCUT2D eigenvalue weighted by Gasteiger charge is 1.78. The third-order valence-electron chi connectivity index (χ3n) is 0.0701. The van der Waals surface area contributed by atoms with Gasteiger partial charge >= 0.3 is 5.97 Å². The van der Waals surface area contributed by atoms with Crippen molar-refractivity contribution in [2.45, 2.75) is 6.85 Å². The molecule has 0 unspecified atom stereocenters. The van der Waals surface area contributed by atoms with Gasteiger partial charge in [0.25, 0.3) is 0 Å². The van der Waals surface area contributed by atoms with Crippen LogP contribution < -0.4 is 0 Å². The lowest BCUT2D eigenvalue weighted by Crippen LogP contribution is -1.81. The van der Waals surface area contributed by atoms with Gasteiger partial charge in [-0.3, -0.25) is 4.79 Å². The third kappa shape index (κ3) is 4.20. The molecule has 30 valence electrons. The van der Waals surface area contributed by atoms with Crippen molar-refractivity contribution in [3.05, 3.63) is 0 Å². The van der Waals surface area contributed by atoms with Crippen LogP contribution in [0.1, 0.15) is 11.0 Å². The Kier molecular flexibility index (Phi) is 0.863. The first-order chi connectivity index (χ1) is 3.48. The van der Waals surface area contributed by atoms with Crippen LogP contribution in [0.4, 0.5) is 0 Å². The first-order valence-corrected chi connectivity index (χ1v) is 1.69. The van der Waals surface area contributed by atoms with Crippen LogP contribution in [0.3, 0.4) is 0 Å². The van der Waals surface area contributed by atoms with Crippen LogP contribution in [-0.2, 0) is 7.86 Å². The highest BCUT2D eigenvalue weighted by Crippen LogP contribution is 1.82. The Morgan fingerprint density at radius 3 is 3.00 bits per heavy atom. The topological polar surface area (TPSA) is 26.3 Å². The van der Waals surface area contributed by atoms with Gasteiger partial charge in [-0.15, -0.1) is 0 Å². The predicted octanol–water partition coefficient (Wildman–Crippen LogP) is 0.900. The summed E-state index contributed by atoms with van der Waals surface area (Å²) in [6, 6.07) is 0. The molecule has 5 heavy (non-hydrogen) atoms. The van der Waals surface area contributed by atoms with Gasteiger partial charge in [0.15, 0.2) is 23.0 Å². The Balaban J connectivity index is 3.82. The van der Waals surface area contributed by atoms with E-state index in [1.165, 1.54) is 23.0 Å². The lowest BCUT2D eigenvalue weighted by Gasteiger charge is -1.76. The monoisotopic (exact) mass is 189 g/mol. The quantitative estimate of drug-likeness (QED) is 0.529. The summed E-state index contributed by atoms with van der Waals surface area (Å²) >= 11 is 1.23. The minimum absolute atomic E-state index is 1.18. The van der Waals surface area contributed by atoms with Gasteiger partial charge in [0.05, 0.1) is 0 Å². The molecule has 0 saturated heterocycles. The molecule has 0 saturated carbocycles. The van der Waals surface area contributed by atoms with Gasteiger partial charge in [-0.2, -0.15) is 0 Å². The largest absolute Gasteiger partial charge is 0.395 e. The van der Waals surface area contributed by atoms with Gasteiger partial charge in [0.2, 0.25) is 0 Å². The van der Waals surface area contributed by atoms with Crippen LogP contribution in [0.25, 0.3) is 0 Å². The van der Waals surface area contributed by atoms with Crippen LogP contribution >= 0.6 is 23.0 Å². The van der Waals surface area contributed by atoms with Gasteiger partial charge in [0.1, 0.15) is 0 Å². The zero-order valence-electron chi connectivity index (χ0n) is 5.19. The molecule has 0 aromatic heterocycles. The molecule has 0 aromatic rings. The van der Waals surface area contributed by atoms with Gasteiger partial charge < -0.3 is 3.07 Å². The second-order valence-electron chi connectivity index (χ2n) is 0.365. The molecule has 0 bridgehead atoms. The molecule has 0 amide bonds. The molecule has 0 N–H and O–H groups in total. The maximum absolute atomic E-state index is 10.0. The molecular weight excluding hydrogens is 183 g/mol. The van der Waals surface area contributed by atoms with Gasteiger partial charge in [-0.25, -0.2) is 0 Å². The van der Waals surface area contributed by atoms with E-state index in [0.29, 0.717) is 0 Å². The summed E-state index contributed by atoms with van der Waals surface area (Å²) in [6.07, 6.45) is 0. The molecule has 0 aliphatic carbocycles. The fourth-order valence-electron chi connectivity index (χ4n) is 0. The summed E-state index contributed by atoms with van der Waals surface area (Å²) in [5.41, 5.74) is 0. The van der Waals surface area contributed by atoms with E-state index >= 15 is 0 Å². The average molecular weight is 189 g/mol. The van der Waals surface area contributed by atoms with Crippen molar-refractivity contribution in [1.29, 1.82) is 0 Å². The zero-order chi connectivity index (χ0) is 6.78. The Morgan fingerprint density at radius 2 is 3.00 bits per heavy atom. The molecule has 0 heterocycles. The van der Waals surface area contributed by atoms with E-state index in [1.807, 2.05) is 0 Å². The Labute approximate surface area is 48.4 Å². The lowest BCUT2D eigenvalue weighted by atomic mass is 10.9. The number of hydrogen-bond acceptors (Lipinski definition) is 2. The molecular formula is C2H3IO2. The van der Waals surface area contributed by atoms with E-state index in [2.05, 4.69) is 3.07 Å². The number of carbonyl (C=O) groups excluding carboxylic acids is 1. The van der Waals surface area contributed by atoms with Crippen molar-refractivity contribution in [3.8, 4) is 0 Å². The van der Waals surface area contributed by atoms with Crippen molar-refractivity contribution in [2.75, 3.05) is 0 Å². The minimum Gasteiger partial charge on any atom is -0.395 e. The Hall–Kier alpha value is 0.200. The number of carbonyl (C=O) groups is 1. The zero-order valence-corrected chi connectivity index (χ0v) is 4.35. The summed E-state index contributed by atoms with van der Waals surface area (Å²) in [5.74, 6) is -1.18. The maximum Gasteiger partial charge on any atom is 0.312 e. The number of halogens is 1. The molecule has 0 aromatic carbocycles. The molecule has 2 nitrogen and oxygen atoms in total. The van der Waals surface area contributed by atoms with E-state index in [-0.39, 0.29) is 0 Å². The summed E-state index contributed by atoms with van der Waals surface area (Å²) in [5, 5.41) is 0. The van der Waals surface area contributed by atoms with Gasteiger partial charge in [-0.1, -0.05) is 0 Å². The molecule has 3 heteroatoms. The molecule has 0 aliphatic heterocycles. The van der Waals surface area contributed by atoms with E-state index in [1.54, 1.807) is 0 Å². The van der Waals surface area contributed by atoms with Crippen molar-refractivity contribution in [2.24, 2.45) is 0 Å². The van der Waals surface area contributed by atoms with Gasteiger partial charge in [0, 0.05) is 11.0 Å². The average Bonchev–Trinajstić information content (AvgIpc) is 1.62. The normalized spacial score (nSPS) is 18.2. The van der Waals surface area contributed by atoms with E-state index < -0.39 is 12.8 Å². The fourth-order valence-corrected chi connectivity index (χ4v) is 0. The first kappa shape index (κ1) is 1.77. The lowest BCUT2D eigenvalue weighted by molar-refractivity contribution is -0.128. The SMILES string of the molecule is [2H]C([2H])([2H])C(=O)OI. The second-order valence-corrected chi connectivity index (χ2v) is 0.805. The van der Waals surface area contributed by atoms with Crippen molar-refractivity contribution < 1.29 is 12.0 Å². The summed E-state index contributed by atoms with van der Waals surface area (Å²) < 4.78 is 23.1. The molecule has 0 radical (unpaired) electrons. The summed E-state index contributed by atoms with van der Waals surface area (Å²) in [6.45, 7) is -2.61. The van der Waals surface area contributed by atoms with E-state index in [0.717, 1.165) is 0 Å². The maximum atomic E-state index is 10.0. The second kappa shape index (κ2) is 2.44. The van der Waals surface area contributed by atoms with Crippen molar-refractivity contribution in [3.63, 3.8) is 0 Å². The van der Waals surface area contributed by atoms with Crippen LogP contribution in [-0.4, -0.2) is 5.97 Å². The molecule has 0 atom stereocenters. The number of rotatable bonds is 0. The summed E-state index contributed by atoms with van der Waals surface area (Å²) in [4.78, 5) is 10.0. The standard InChI is InChI=1S/C2H3IO2/c1-2(4)5-3/h1H3/i1D3. The minimum atomic E-state index is -2.61. The Bertz CT molecular complexity index is 97.9. The molecule has 0 spiro atoms. The Morgan fingerprint density at radius 1 is 2.40 bits per heavy atom.